The summed E-state index contributed by atoms with van der Waals surface area (Å²) in [6, 6.07) is 0. The molecule has 8 heteroatoms. The second kappa shape index (κ2) is 3.93. The van der Waals surface area contributed by atoms with Crippen molar-refractivity contribution in [3.8, 4) is 5.19 Å². The highest BCUT2D eigenvalue weighted by molar-refractivity contribution is 7.94. The van der Waals surface area contributed by atoms with E-state index in [2.05, 4.69) is 14.9 Å². The Morgan fingerprint density at radius 1 is 1.33 bits per heavy atom. The number of hydrogen-bond acceptors (Lipinski definition) is 6. The Labute approximate surface area is 92.7 Å². The molecule has 1 rings (SSSR count). The molecular weight excluding hydrogens is 238 g/mol. The van der Waals surface area contributed by atoms with Gasteiger partial charge in [0.15, 0.2) is 0 Å². The normalized spacial score (nSPS) is 12.5. The van der Waals surface area contributed by atoms with Gasteiger partial charge in [0.1, 0.15) is 0 Å². The molecule has 0 radical (unpaired) electrons. The van der Waals surface area contributed by atoms with Crippen LogP contribution in [0.4, 0.5) is 5.13 Å². The van der Waals surface area contributed by atoms with Gasteiger partial charge in [-0.3, -0.25) is 4.72 Å². The van der Waals surface area contributed by atoms with Crippen LogP contribution in [0, 0.1) is 0 Å². The molecule has 1 aromatic heterocycles. The van der Waals surface area contributed by atoms with Crippen molar-refractivity contribution in [3.05, 3.63) is 0 Å². The molecule has 0 aliphatic heterocycles. The van der Waals surface area contributed by atoms with Crippen molar-refractivity contribution in [1.82, 2.24) is 10.2 Å². The Morgan fingerprint density at radius 3 is 2.33 bits per heavy atom. The van der Waals surface area contributed by atoms with Crippen molar-refractivity contribution in [2.75, 3.05) is 11.8 Å². The summed E-state index contributed by atoms with van der Waals surface area (Å²) in [5, 5.41) is 7.79. The highest BCUT2D eigenvalue weighted by atomic mass is 32.2. The van der Waals surface area contributed by atoms with Gasteiger partial charge in [0.05, 0.1) is 11.9 Å². The summed E-state index contributed by atoms with van der Waals surface area (Å²) in [6.45, 7) is 4.81. The number of methoxy groups -OCH3 is 1. The van der Waals surface area contributed by atoms with Crippen LogP contribution in [0.2, 0.25) is 0 Å². The van der Waals surface area contributed by atoms with Gasteiger partial charge in [-0.05, 0) is 32.1 Å². The van der Waals surface area contributed by atoms with Crippen LogP contribution in [-0.4, -0.2) is 30.5 Å². The highest BCUT2D eigenvalue weighted by Gasteiger charge is 2.30. The first-order chi connectivity index (χ1) is 6.76. The van der Waals surface area contributed by atoms with Gasteiger partial charge in [-0.25, -0.2) is 8.42 Å². The number of aromatic nitrogens is 2. The first-order valence-electron chi connectivity index (χ1n) is 4.16. The molecule has 0 unspecified atom stereocenters. The smallest absolute Gasteiger partial charge is 0.295 e. The van der Waals surface area contributed by atoms with Crippen molar-refractivity contribution >= 4 is 26.5 Å². The molecule has 0 fully saturated rings. The van der Waals surface area contributed by atoms with Crippen LogP contribution < -0.4 is 9.46 Å². The van der Waals surface area contributed by atoms with Crippen molar-refractivity contribution in [3.63, 3.8) is 0 Å². The van der Waals surface area contributed by atoms with E-state index in [1.54, 1.807) is 20.8 Å². The second-order valence-electron chi connectivity index (χ2n) is 3.80. The molecule has 1 N–H and O–H groups in total. The quantitative estimate of drug-likeness (QED) is 0.869. The molecule has 0 saturated heterocycles. The average Bonchev–Trinajstić information content (AvgIpc) is 2.49. The molecule has 1 heterocycles. The van der Waals surface area contributed by atoms with Crippen molar-refractivity contribution in [2.45, 2.75) is 25.5 Å². The maximum Gasteiger partial charge on any atom is 0.295 e. The number of sulfonamides is 1. The Morgan fingerprint density at radius 2 is 1.93 bits per heavy atom. The molecular formula is C7H13N3O3S2. The first-order valence-corrected chi connectivity index (χ1v) is 6.46. The van der Waals surface area contributed by atoms with Gasteiger partial charge in [-0.2, -0.15) is 0 Å². The minimum atomic E-state index is -3.44. The fraction of sp³-hybridized carbons (Fsp3) is 0.714. The van der Waals surface area contributed by atoms with Crippen LogP contribution >= 0.6 is 11.3 Å². The molecule has 0 bridgehead atoms. The molecule has 0 aliphatic rings. The molecule has 0 aromatic carbocycles. The standard InChI is InChI=1S/C7H13N3O3S2/c1-7(2,3)15(11,12)10-5-8-9-6(13-4)14-5/h1-4H3,(H,8,10). The van der Waals surface area contributed by atoms with Gasteiger partial charge in [-0.15, -0.1) is 5.10 Å². The van der Waals surface area contributed by atoms with E-state index < -0.39 is 14.8 Å². The molecule has 0 spiro atoms. The number of nitrogens with zero attached hydrogens (tertiary/aromatic N) is 2. The zero-order valence-corrected chi connectivity index (χ0v) is 10.6. The Balaban J connectivity index is 2.87. The minimum Gasteiger partial charge on any atom is -0.472 e. The summed E-state index contributed by atoms with van der Waals surface area (Å²) in [6.07, 6.45) is 0. The summed E-state index contributed by atoms with van der Waals surface area (Å²) in [4.78, 5) is 0. The van der Waals surface area contributed by atoms with E-state index in [0.29, 0.717) is 5.19 Å². The topological polar surface area (TPSA) is 81.2 Å². The zero-order chi connectivity index (χ0) is 11.7. The predicted molar refractivity (Wildman–Crippen MR) is 58.8 cm³/mol. The lowest BCUT2D eigenvalue weighted by molar-refractivity contribution is 0.407. The van der Waals surface area contributed by atoms with E-state index in [1.165, 1.54) is 7.11 Å². The SMILES string of the molecule is COc1nnc(NS(=O)(=O)C(C)(C)C)s1. The summed E-state index contributed by atoms with van der Waals surface area (Å²) >= 11 is 1.04. The molecule has 1 aromatic rings. The number of ether oxygens (including phenoxy) is 1. The Hall–Kier alpha value is -0.890. The van der Waals surface area contributed by atoms with Crippen LogP contribution in [0.1, 0.15) is 20.8 Å². The van der Waals surface area contributed by atoms with E-state index in [9.17, 15) is 8.42 Å². The Bertz CT molecular complexity index is 433. The summed E-state index contributed by atoms with van der Waals surface area (Å²) in [5.41, 5.74) is 0. The molecule has 0 amide bonds. The molecule has 0 atom stereocenters. The molecule has 0 saturated carbocycles. The monoisotopic (exact) mass is 251 g/mol. The van der Waals surface area contributed by atoms with Crippen molar-refractivity contribution in [2.24, 2.45) is 0 Å². The maximum absolute atomic E-state index is 11.7. The summed E-state index contributed by atoms with van der Waals surface area (Å²) in [7, 11) is -2.00. The first kappa shape index (κ1) is 12.2. The van der Waals surface area contributed by atoms with Gasteiger partial charge in [-0.1, -0.05) is 5.10 Å². The minimum absolute atomic E-state index is 0.210. The zero-order valence-electron chi connectivity index (χ0n) is 8.94. The number of nitrogens with one attached hydrogen (secondary N) is 1. The lowest BCUT2D eigenvalue weighted by atomic mass is 10.3. The third-order valence-electron chi connectivity index (χ3n) is 1.61. The van der Waals surface area contributed by atoms with E-state index in [4.69, 9.17) is 4.74 Å². The summed E-state index contributed by atoms with van der Waals surface area (Å²) < 4.78 is 29.7. The lowest BCUT2D eigenvalue weighted by Gasteiger charge is -2.18. The van der Waals surface area contributed by atoms with Crippen LogP contribution in [0.3, 0.4) is 0 Å². The van der Waals surface area contributed by atoms with Gasteiger partial charge in [0.2, 0.25) is 15.2 Å². The molecule has 15 heavy (non-hydrogen) atoms. The Kier molecular flexibility index (Phi) is 3.19. The number of anilines is 1. The second-order valence-corrected chi connectivity index (χ2v) is 7.17. The van der Waals surface area contributed by atoms with Crippen molar-refractivity contribution in [1.29, 1.82) is 0 Å². The maximum atomic E-state index is 11.7. The van der Waals surface area contributed by atoms with Gasteiger partial charge in [0, 0.05) is 0 Å². The van der Waals surface area contributed by atoms with Crippen LogP contribution in [0.15, 0.2) is 0 Å². The van der Waals surface area contributed by atoms with Crippen LogP contribution in [-0.2, 0) is 10.0 Å². The third-order valence-corrected chi connectivity index (χ3v) is 4.61. The van der Waals surface area contributed by atoms with E-state index in [1.807, 2.05) is 0 Å². The molecule has 0 aliphatic carbocycles. The molecule has 6 nitrogen and oxygen atoms in total. The fourth-order valence-electron chi connectivity index (χ4n) is 0.602. The largest absolute Gasteiger partial charge is 0.472 e. The highest BCUT2D eigenvalue weighted by Crippen LogP contribution is 2.25. The summed E-state index contributed by atoms with van der Waals surface area (Å²) in [5.74, 6) is 0. The fourth-order valence-corrected chi connectivity index (χ4v) is 2.09. The average molecular weight is 251 g/mol. The van der Waals surface area contributed by atoms with Crippen molar-refractivity contribution < 1.29 is 13.2 Å². The van der Waals surface area contributed by atoms with E-state index in [0.717, 1.165) is 11.3 Å². The van der Waals surface area contributed by atoms with E-state index in [-0.39, 0.29) is 5.13 Å². The van der Waals surface area contributed by atoms with Gasteiger partial charge >= 0.3 is 0 Å². The van der Waals surface area contributed by atoms with E-state index >= 15 is 0 Å². The lowest BCUT2D eigenvalue weighted by Crippen LogP contribution is -2.33. The molecule has 86 valence electrons. The van der Waals surface area contributed by atoms with Crippen LogP contribution in [0.25, 0.3) is 0 Å². The third kappa shape index (κ3) is 2.78. The predicted octanol–water partition coefficient (Wildman–Crippen LogP) is 1.09. The van der Waals surface area contributed by atoms with Crippen LogP contribution in [0.5, 0.6) is 5.19 Å². The number of hydrogen-bond donors (Lipinski definition) is 1. The van der Waals surface area contributed by atoms with Gasteiger partial charge in [0.25, 0.3) is 5.19 Å². The number of rotatable bonds is 3. The van der Waals surface area contributed by atoms with Gasteiger partial charge < -0.3 is 4.74 Å².